The predicted molar refractivity (Wildman–Crippen MR) is 82.5 cm³/mol. The van der Waals surface area contributed by atoms with Crippen LogP contribution in [0.3, 0.4) is 0 Å². The number of hydrogen-bond acceptors (Lipinski definition) is 3. The van der Waals surface area contributed by atoms with Gasteiger partial charge in [0.05, 0.1) is 0 Å². The van der Waals surface area contributed by atoms with Crippen LogP contribution in [0.25, 0.3) is 0 Å². The molecule has 2 rings (SSSR count). The van der Waals surface area contributed by atoms with Gasteiger partial charge in [-0.3, -0.25) is 0 Å². The summed E-state index contributed by atoms with van der Waals surface area (Å²) in [6, 6.07) is 4.91. The van der Waals surface area contributed by atoms with Crippen molar-refractivity contribution in [2.24, 2.45) is 5.73 Å². The van der Waals surface area contributed by atoms with Crippen LogP contribution in [-0.4, -0.2) is 38.1 Å². The van der Waals surface area contributed by atoms with Gasteiger partial charge in [-0.05, 0) is 52.4 Å². The Balaban J connectivity index is 2.25. The molecular weight excluding hydrogens is 253 g/mol. The average molecular weight is 279 g/mol. The van der Waals surface area contributed by atoms with Crippen LogP contribution in [0, 0.1) is 5.82 Å². The lowest BCUT2D eigenvalue weighted by atomic mass is 9.75. The third kappa shape index (κ3) is 2.67. The van der Waals surface area contributed by atoms with E-state index in [0.717, 1.165) is 12.2 Å². The molecule has 1 unspecified atom stereocenters. The lowest BCUT2D eigenvalue weighted by molar-refractivity contribution is 0.0682. The predicted octanol–water partition coefficient (Wildman–Crippen LogP) is 2.77. The smallest absolute Gasteiger partial charge is 0.130 e. The molecule has 0 aliphatic heterocycles. The lowest BCUT2D eigenvalue weighted by Gasteiger charge is -2.49. The van der Waals surface area contributed by atoms with Crippen LogP contribution in [0.5, 0.6) is 0 Å². The van der Waals surface area contributed by atoms with E-state index in [1.165, 1.54) is 25.3 Å². The molecule has 1 atom stereocenters. The average Bonchev–Trinajstić information content (AvgIpc) is 2.32. The van der Waals surface area contributed by atoms with Crippen molar-refractivity contribution in [2.75, 3.05) is 32.6 Å². The fourth-order valence-corrected chi connectivity index (χ4v) is 3.17. The molecule has 20 heavy (non-hydrogen) atoms. The third-order valence-electron chi connectivity index (χ3n) is 4.66. The molecule has 1 saturated carbocycles. The molecule has 0 heterocycles. The van der Waals surface area contributed by atoms with E-state index in [1.54, 1.807) is 6.07 Å². The lowest BCUT2D eigenvalue weighted by Crippen LogP contribution is -2.56. The summed E-state index contributed by atoms with van der Waals surface area (Å²) in [4.78, 5) is 4.46. The van der Waals surface area contributed by atoms with Gasteiger partial charge < -0.3 is 15.5 Å². The van der Waals surface area contributed by atoms with E-state index >= 15 is 0 Å². The minimum Gasteiger partial charge on any atom is -0.372 e. The van der Waals surface area contributed by atoms with Crippen molar-refractivity contribution in [1.29, 1.82) is 0 Å². The summed E-state index contributed by atoms with van der Waals surface area (Å²) in [5.74, 6) is -0.211. The van der Waals surface area contributed by atoms with Crippen LogP contribution in [0.1, 0.15) is 37.8 Å². The number of anilines is 1. The van der Waals surface area contributed by atoms with Gasteiger partial charge in [-0.2, -0.15) is 0 Å². The molecule has 112 valence electrons. The Hall–Kier alpha value is -1.13. The minimum atomic E-state index is -0.301. The van der Waals surface area contributed by atoms with Gasteiger partial charge in [0.1, 0.15) is 5.82 Å². The number of likely N-dealkylation sites (N-methyl/N-ethyl adjacent to an activating group) is 2. The first-order chi connectivity index (χ1) is 9.37. The van der Waals surface area contributed by atoms with Crippen LogP contribution in [0.15, 0.2) is 18.2 Å². The van der Waals surface area contributed by atoms with Crippen molar-refractivity contribution < 1.29 is 4.39 Å². The zero-order chi connectivity index (χ0) is 14.9. The monoisotopic (exact) mass is 279 g/mol. The molecular formula is C16H26FN3. The van der Waals surface area contributed by atoms with Gasteiger partial charge in [0.15, 0.2) is 0 Å². The SMILES string of the molecule is CC(N)c1c(F)cccc1N(C)CC1(N(C)C)CCC1. The summed E-state index contributed by atoms with van der Waals surface area (Å²) < 4.78 is 14.0. The summed E-state index contributed by atoms with van der Waals surface area (Å²) >= 11 is 0. The standard InChI is InChI=1S/C16H26FN3/c1-12(18)15-13(17)7-5-8-14(15)20(4)11-16(19(2)3)9-6-10-16/h5,7-8,12H,6,9-11,18H2,1-4H3. The van der Waals surface area contributed by atoms with Gasteiger partial charge in [-0.25, -0.2) is 4.39 Å². The van der Waals surface area contributed by atoms with Gasteiger partial charge >= 0.3 is 0 Å². The maximum absolute atomic E-state index is 14.0. The second-order valence-corrected chi connectivity index (χ2v) is 6.29. The van der Waals surface area contributed by atoms with Crippen molar-refractivity contribution in [1.82, 2.24) is 4.90 Å². The molecule has 0 saturated heterocycles. The zero-order valence-electron chi connectivity index (χ0n) is 13.0. The molecule has 4 heteroatoms. The Bertz CT molecular complexity index is 467. The zero-order valence-corrected chi connectivity index (χ0v) is 13.0. The van der Waals surface area contributed by atoms with Crippen LogP contribution in [0.2, 0.25) is 0 Å². The quantitative estimate of drug-likeness (QED) is 0.899. The molecule has 3 nitrogen and oxygen atoms in total. The second-order valence-electron chi connectivity index (χ2n) is 6.29. The molecule has 0 amide bonds. The molecule has 1 aliphatic carbocycles. The molecule has 2 N–H and O–H groups in total. The summed E-state index contributed by atoms with van der Waals surface area (Å²) in [7, 11) is 6.29. The number of halogens is 1. The number of hydrogen-bond donors (Lipinski definition) is 1. The van der Waals surface area contributed by atoms with Crippen LogP contribution in [-0.2, 0) is 0 Å². The van der Waals surface area contributed by atoms with Crippen molar-refractivity contribution >= 4 is 5.69 Å². The fraction of sp³-hybridized carbons (Fsp3) is 0.625. The van der Waals surface area contributed by atoms with E-state index in [-0.39, 0.29) is 17.4 Å². The molecule has 1 aliphatic rings. The molecule has 0 bridgehead atoms. The van der Waals surface area contributed by atoms with Crippen LogP contribution < -0.4 is 10.6 Å². The van der Waals surface area contributed by atoms with Crippen molar-refractivity contribution in [3.63, 3.8) is 0 Å². The van der Waals surface area contributed by atoms with E-state index in [9.17, 15) is 4.39 Å². The molecule has 1 aromatic carbocycles. The molecule has 0 aromatic heterocycles. The van der Waals surface area contributed by atoms with Crippen LogP contribution in [0.4, 0.5) is 10.1 Å². The van der Waals surface area contributed by atoms with Gasteiger partial charge in [0.2, 0.25) is 0 Å². The van der Waals surface area contributed by atoms with Crippen molar-refractivity contribution in [3.05, 3.63) is 29.6 Å². The molecule has 1 fully saturated rings. The normalized spacial score (nSPS) is 18.8. The highest BCUT2D eigenvalue weighted by Gasteiger charge is 2.40. The number of benzene rings is 1. The highest BCUT2D eigenvalue weighted by Crippen LogP contribution is 2.38. The van der Waals surface area contributed by atoms with Crippen LogP contribution >= 0.6 is 0 Å². The highest BCUT2D eigenvalue weighted by atomic mass is 19.1. The maximum atomic E-state index is 14.0. The van der Waals surface area contributed by atoms with E-state index in [2.05, 4.69) is 23.9 Å². The van der Waals surface area contributed by atoms with E-state index in [0.29, 0.717) is 5.56 Å². The summed E-state index contributed by atoms with van der Waals surface area (Å²) in [5, 5.41) is 0. The third-order valence-corrected chi connectivity index (χ3v) is 4.66. The first-order valence-corrected chi connectivity index (χ1v) is 7.30. The highest BCUT2D eigenvalue weighted by molar-refractivity contribution is 5.55. The first kappa shape index (κ1) is 15.3. The minimum absolute atomic E-state index is 0.211. The van der Waals surface area contributed by atoms with E-state index in [4.69, 9.17) is 5.73 Å². The Morgan fingerprint density at radius 1 is 1.30 bits per heavy atom. The molecule has 0 radical (unpaired) electrons. The van der Waals surface area contributed by atoms with Gasteiger partial charge in [-0.15, -0.1) is 0 Å². The number of nitrogens with zero attached hydrogens (tertiary/aromatic N) is 2. The van der Waals surface area contributed by atoms with E-state index in [1.807, 2.05) is 20.0 Å². The topological polar surface area (TPSA) is 32.5 Å². The summed E-state index contributed by atoms with van der Waals surface area (Å²) in [6.45, 7) is 2.74. The Kier molecular flexibility index (Phi) is 4.35. The van der Waals surface area contributed by atoms with Crippen molar-refractivity contribution in [2.45, 2.75) is 37.8 Å². The summed E-state index contributed by atoms with van der Waals surface area (Å²) in [5.41, 5.74) is 7.69. The van der Waals surface area contributed by atoms with Crippen molar-refractivity contribution in [3.8, 4) is 0 Å². The van der Waals surface area contributed by atoms with Gasteiger partial charge in [0.25, 0.3) is 0 Å². The molecule has 0 spiro atoms. The Labute approximate surface area is 121 Å². The van der Waals surface area contributed by atoms with Gasteiger partial charge in [0, 0.05) is 36.4 Å². The molecule has 1 aromatic rings. The first-order valence-electron chi connectivity index (χ1n) is 7.30. The maximum Gasteiger partial charge on any atom is 0.130 e. The summed E-state index contributed by atoms with van der Waals surface area (Å²) in [6.07, 6.45) is 3.68. The largest absolute Gasteiger partial charge is 0.372 e. The number of rotatable bonds is 5. The van der Waals surface area contributed by atoms with E-state index < -0.39 is 0 Å². The second kappa shape index (κ2) is 5.70. The van der Waals surface area contributed by atoms with Gasteiger partial charge in [-0.1, -0.05) is 6.07 Å². The fourth-order valence-electron chi connectivity index (χ4n) is 3.17. The number of nitrogens with two attached hydrogens (primary N) is 1. The Morgan fingerprint density at radius 3 is 2.40 bits per heavy atom. The Morgan fingerprint density at radius 2 is 1.95 bits per heavy atom.